The van der Waals surface area contributed by atoms with Crippen LogP contribution in [0.5, 0.6) is 0 Å². The van der Waals surface area contributed by atoms with Gasteiger partial charge in [-0.25, -0.2) is 0 Å². The molecule has 2 aromatic heterocycles. The molecule has 0 radical (unpaired) electrons. The standard InChI is InChI=1S/C12H15ClN2O/c1-7(2)15-9(4)11(13)12(14-15)10-6-5-8(3)16-10/h5-7H,1-4H3. The second-order valence-electron chi connectivity index (χ2n) is 4.20. The summed E-state index contributed by atoms with van der Waals surface area (Å²) in [5.74, 6) is 1.59. The van der Waals surface area contributed by atoms with E-state index < -0.39 is 0 Å². The van der Waals surface area contributed by atoms with Crippen LogP contribution in [0, 0.1) is 13.8 Å². The van der Waals surface area contributed by atoms with Crippen LogP contribution in [0.4, 0.5) is 0 Å². The Labute approximate surface area is 100 Å². The molecule has 0 saturated carbocycles. The predicted molar refractivity (Wildman–Crippen MR) is 64.8 cm³/mol. The molecule has 0 aliphatic rings. The highest BCUT2D eigenvalue weighted by Gasteiger charge is 2.18. The molecule has 2 heterocycles. The van der Waals surface area contributed by atoms with E-state index in [4.69, 9.17) is 16.0 Å². The summed E-state index contributed by atoms with van der Waals surface area (Å²) < 4.78 is 7.45. The monoisotopic (exact) mass is 238 g/mol. The van der Waals surface area contributed by atoms with Gasteiger partial charge in [0.25, 0.3) is 0 Å². The van der Waals surface area contributed by atoms with E-state index in [1.807, 2.05) is 30.7 Å². The third-order valence-electron chi connectivity index (χ3n) is 2.54. The van der Waals surface area contributed by atoms with Gasteiger partial charge in [-0.1, -0.05) is 11.6 Å². The Bertz CT molecular complexity index is 511. The lowest BCUT2D eigenvalue weighted by molar-refractivity contribution is 0.512. The zero-order chi connectivity index (χ0) is 11.9. The maximum Gasteiger partial charge on any atom is 0.156 e. The lowest BCUT2D eigenvalue weighted by Crippen LogP contribution is -2.04. The lowest BCUT2D eigenvalue weighted by Gasteiger charge is -2.06. The highest BCUT2D eigenvalue weighted by Crippen LogP contribution is 2.31. The summed E-state index contributed by atoms with van der Waals surface area (Å²) in [6, 6.07) is 4.10. The molecule has 0 amide bonds. The number of hydrogen-bond acceptors (Lipinski definition) is 2. The van der Waals surface area contributed by atoms with Gasteiger partial charge >= 0.3 is 0 Å². The van der Waals surface area contributed by atoms with Gasteiger partial charge < -0.3 is 4.42 Å². The number of halogens is 1. The molecule has 0 fully saturated rings. The average molecular weight is 239 g/mol. The summed E-state index contributed by atoms with van der Waals surface area (Å²) >= 11 is 6.26. The van der Waals surface area contributed by atoms with Gasteiger partial charge in [0.05, 0.1) is 10.7 Å². The molecule has 86 valence electrons. The summed E-state index contributed by atoms with van der Waals surface area (Å²) in [5, 5.41) is 5.15. The first-order valence-electron chi connectivity index (χ1n) is 5.32. The maximum absolute atomic E-state index is 6.26. The molecule has 0 aliphatic carbocycles. The van der Waals surface area contributed by atoms with E-state index in [0.29, 0.717) is 11.1 Å². The molecule has 0 bridgehead atoms. The molecule has 0 aliphatic heterocycles. The normalized spacial score (nSPS) is 11.4. The molecule has 0 unspecified atom stereocenters. The number of furan rings is 1. The van der Waals surface area contributed by atoms with Gasteiger partial charge in [-0.15, -0.1) is 0 Å². The molecule has 0 N–H and O–H groups in total. The molecular formula is C12H15ClN2O. The van der Waals surface area contributed by atoms with Gasteiger partial charge in [0.1, 0.15) is 11.5 Å². The van der Waals surface area contributed by atoms with E-state index in [1.54, 1.807) is 0 Å². The summed E-state index contributed by atoms with van der Waals surface area (Å²) in [7, 11) is 0. The Balaban J connectivity index is 2.54. The highest BCUT2D eigenvalue weighted by molar-refractivity contribution is 6.33. The Morgan fingerprint density at radius 1 is 1.31 bits per heavy atom. The van der Waals surface area contributed by atoms with E-state index in [0.717, 1.165) is 22.9 Å². The predicted octanol–water partition coefficient (Wildman–Crippen LogP) is 3.99. The van der Waals surface area contributed by atoms with Crippen LogP contribution in [0.1, 0.15) is 31.3 Å². The van der Waals surface area contributed by atoms with Crippen molar-refractivity contribution in [1.82, 2.24) is 9.78 Å². The van der Waals surface area contributed by atoms with Crippen molar-refractivity contribution in [2.45, 2.75) is 33.7 Å². The zero-order valence-electron chi connectivity index (χ0n) is 9.91. The third-order valence-corrected chi connectivity index (χ3v) is 2.99. The maximum atomic E-state index is 6.26. The minimum Gasteiger partial charge on any atom is -0.460 e. The summed E-state index contributed by atoms with van der Waals surface area (Å²) in [6.07, 6.45) is 0. The van der Waals surface area contributed by atoms with Gasteiger partial charge in [-0.3, -0.25) is 4.68 Å². The third kappa shape index (κ3) is 1.76. The van der Waals surface area contributed by atoms with Crippen molar-refractivity contribution in [1.29, 1.82) is 0 Å². The molecule has 0 saturated heterocycles. The van der Waals surface area contributed by atoms with E-state index in [2.05, 4.69) is 18.9 Å². The van der Waals surface area contributed by atoms with Crippen molar-refractivity contribution < 1.29 is 4.42 Å². The van der Waals surface area contributed by atoms with Crippen molar-refractivity contribution in [3.8, 4) is 11.5 Å². The fourth-order valence-corrected chi connectivity index (χ4v) is 1.94. The van der Waals surface area contributed by atoms with E-state index >= 15 is 0 Å². The molecule has 4 heteroatoms. The van der Waals surface area contributed by atoms with Crippen molar-refractivity contribution in [3.05, 3.63) is 28.6 Å². The number of aromatic nitrogens is 2. The second kappa shape index (κ2) is 3.98. The largest absolute Gasteiger partial charge is 0.460 e. The fraction of sp³-hybridized carbons (Fsp3) is 0.417. The van der Waals surface area contributed by atoms with Crippen LogP contribution < -0.4 is 0 Å². The Morgan fingerprint density at radius 2 is 2.00 bits per heavy atom. The Morgan fingerprint density at radius 3 is 2.44 bits per heavy atom. The Hall–Kier alpha value is -1.22. The number of rotatable bonds is 2. The minimum atomic E-state index is 0.294. The molecular weight excluding hydrogens is 224 g/mol. The molecule has 0 spiro atoms. The number of hydrogen-bond donors (Lipinski definition) is 0. The number of aryl methyl sites for hydroxylation is 1. The quantitative estimate of drug-likeness (QED) is 0.792. The van der Waals surface area contributed by atoms with Crippen LogP contribution in [-0.2, 0) is 0 Å². The van der Waals surface area contributed by atoms with E-state index in [-0.39, 0.29) is 0 Å². The number of nitrogens with zero attached hydrogens (tertiary/aromatic N) is 2. The minimum absolute atomic E-state index is 0.294. The van der Waals surface area contributed by atoms with Crippen molar-refractivity contribution in [2.24, 2.45) is 0 Å². The zero-order valence-corrected chi connectivity index (χ0v) is 10.7. The van der Waals surface area contributed by atoms with Gasteiger partial charge in [0.15, 0.2) is 5.76 Å². The average Bonchev–Trinajstić information content (AvgIpc) is 2.74. The van der Waals surface area contributed by atoms with Gasteiger partial charge in [0.2, 0.25) is 0 Å². The first-order valence-corrected chi connectivity index (χ1v) is 5.70. The molecule has 3 nitrogen and oxygen atoms in total. The lowest BCUT2D eigenvalue weighted by atomic mass is 10.3. The van der Waals surface area contributed by atoms with Crippen LogP contribution in [0.3, 0.4) is 0 Å². The molecule has 0 atom stereocenters. The van der Waals surface area contributed by atoms with Crippen LogP contribution in [0.25, 0.3) is 11.5 Å². The molecule has 2 aromatic rings. The van der Waals surface area contributed by atoms with Gasteiger partial charge in [-0.05, 0) is 39.8 Å². The topological polar surface area (TPSA) is 31.0 Å². The summed E-state index contributed by atoms with van der Waals surface area (Å²) in [6.45, 7) is 8.03. The van der Waals surface area contributed by atoms with E-state index in [1.165, 1.54) is 0 Å². The smallest absolute Gasteiger partial charge is 0.156 e. The summed E-state index contributed by atoms with van der Waals surface area (Å²) in [5.41, 5.74) is 1.70. The Kier molecular flexibility index (Phi) is 2.80. The fourth-order valence-electron chi connectivity index (χ4n) is 1.72. The summed E-state index contributed by atoms with van der Waals surface area (Å²) in [4.78, 5) is 0. The van der Waals surface area contributed by atoms with Crippen LogP contribution in [-0.4, -0.2) is 9.78 Å². The highest BCUT2D eigenvalue weighted by atomic mass is 35.5. The SMILES string of the molecule is Cc1ccc(-c2nn(C(C)C)c(C)c2Cl)o1. The van der Waals surface area contributed by atoms with Crippen molar-refractivity contribution in [2.75, 3.05) is 0 Å². The first kappa shape index (κ1) is 11.3. The molecule has 0 aromatic carbocycles. The van der Waals surface area contributed by atoms with Crippen LogP contribution in [0.15, 0.2) is 16.5 Å². The second-order valence-corrected chi connectivity index (χ2v) is 4.57. The van der Waals surface area contributed by atoms with Crippen LogP contribution in [0.2, 0.25) is 5.02 Å². The van der Waals surface area contributed by atoms with Crippen molar-refractivity contribution >= 4 is 11.6 Å². The van der Waals surface area contributed by atoms with Crippen molar-refractivity contribution in [3.63, 3.8) is 0 Å². The van der Waals surface area contributed by atoms with E-state index in [9.17, 15) is 0 Å². The van der Waals surface area contributed by atoms with Gasteiger partial charge in [-0.2, -0.15) is 5.10 Å². The van der Waals surface area contributed by atoms with Crippen LogP contribution >= 0.6 is 11.6 Å². The first-order chi connectivity index (χ1) is 7.50. The molecule has 16 heavy (non-hydrogen) atoms. The van der Waals surface area contributed by atoms with Gasteiger partial charge in [0, 0.05) is 6.04 Å². The molecule has 2 rings (SSSR count).